The molecule has 0 fully saturated rings. The number of nitrogens with one attached hydrogen (secondary N) is 1. The maximum absolute atomic E-state index is 12.2. The molecule has 7 heteroatoms. The molecule has 2 amide bonds. The third kappa shape index (κ3) is 5.35. The van der Waals surface area contributed by atoms with Crippen molar-refractivity contribution in [3.8, 4) is 0 Å². The highest BCUT2D eigenvalue weighted by Crippen LogP contribution is 2.21. The van der Waals surface area contributed by atoms with Gasteiger partial charge < -0.3 is 20.1 Å². The zero-order valence-electron chi connectivity index (χ0n) is 12.1. The van der Waals surface area contributed by atoms with Crippen molar-refractivity contribution in [3.05, 3.63) is 28.2 Å². The van der Waals surface area contributed by atoms with Crippen LogP contribution in [0.5, 0.6) is 0 Å². The lowest BCUT2D eigenvalue weighted by Crippen LogP contribution is -2.37. The van der Waals surface area contributed by atoms with Crippen LogP contribution >= 0.6 is 15.9 Å². The monoisotopic (exact) mass is 358 g/mol. The van der Waals surface area contributed by atoms with Crippen LogP contribution in [0.25, 0.3) is 0 Å². The molecule has 0 aliphatic carbocycles. The van der Waals surface area contributed by atoms with Crippen molar-refractivity contribution >= 4 is 33.6 Å². The van der Waals surface area contributed by atoms with E-state index in [1.54, 1.807) is 17.0 Å². The maximum atomic E-state index is 12.2. The highest BCUT2D eigenvalue weighted by Gasteiger charge is 2.16. The van der Waals surface area contributed by atoms with Crippen LogP contribution in [-0.4, -0.2) is 48.3 Å². The molecule has 0 spiro atoms. The largest absolute Gasteiger partial charge is 0.478 e. The fraction of sp³-hybridized carbons (Fsp3) is 0.429. The molecule has 0 unspecified atom stereocenters. The summed E-state index contributed by atoms with van der Waals surface area (Å²) in [5, 5.41) is 11.8. The molecular formula is C14H19BrN2O4. The zero-order valence-corrected chi connectivity index (χ0v) is 13.6. The number of carbonyl (C=O) groups is 2. The third-order valence-corrected chi connectivity index (χ3v) is 3.33. The first kappa shape index (κ1) is 17.5. The Morgan fingerprint density at radius 3 is 2.67 bits per heavy atom. The number of likely N-dealkylation sites (N-methyl/N-ethyl adjacent to an activating group) is 1. The Balaban J connectivity index is 2.79. The summed E-state index contributed by atoms with van der Waals surface area (Å²) in [5.41, 5.74) is 0.309. The molecule has 0 aliphatic rings. The Hall–Kier alpha value is -1.60. The van der Waals surface area contributed by atoms with E-state index in [2.05, 4.69) is 21.2 Å². The van der Waals surface area contributed by atoms with E-state index >= 15 is 0 Å². The van der Waals surface area contributed by atoms with Crippen molar-refractivity contribution in [2.45, 2.75) is 13.8 Å². The van der Waals surface area contributed by atoms with Crippen LogP contribution < -0.4 is 5.32 Å². The zero-order chi connectivity index (χ0) is 15.8. The van der Waals surface area contributed by atoms with E-state index in [0.717, 1.165) is 0 Å². The van der Waals surface area contributed by atoms with Crippen molar-refractivity contribution in [3.63, 3.8) is 0 Å². The number of carboxylic acids is 1. The van der Waals surface area contributed by atoms with Crippen LogP contribution in [0.1, 0.15) is 24.2 Å². The first-order valence-electron chi connectivity index (χ1n) is 6.66. The van der Waals surface area contributed by atoms with Gasteiger partial charge in [-0.3, -0.25) is 0 Å². The van der Waals surface area contributed by atoms with Gasteiger partial charge in [0.1, 0.15) is 0 Å². The Morgan fingerprint density at radius 1 is 1.38 bits per heavy atom. The molecule has 0 atom stereocenters. The number of carboxylic acid groups (broad SMARTS) is 1. The van der Waals surface area contributed by atoms with E-state index in [1.165, 1.54) is 6.07 Å². The van der Waals surface area contributed by atoms with Crippen LogP contribution in [0, 0.1) is 0 Å². The lowest BCUT2D eigenvalue weighted by molar-refractivity contribution is 0.0698. The summed E-state index contributed by atoms with van der Waals surface area (Å²) >= 11 is 3.21. The molecule has 0 heterocycles. The molecule has 0 aliphatic heterocycles. The van der Waals surface area contributed by atoms with E-state index in [1.807, 2.05) is 13.8 Å². The van der Waals surface area contributed by atoms with Crippen molar-refractivity contribution < 1.29 is 19.4 Å². The van der Waals surface area contributed by atoms with E-state index in [0.29, 0.717) is 30.8 Å². The van der Waals surface area contributed by atoms with Gasteiger partial charge in [-0.1, -0.05) is 15.9 Å². The number of halogens is 1. The molecule has 1 aromatic rings. The standard InChI is InChI=1S/C14H19BrN2O4/c1-3-17(7-8-21-4-2)14(20)16-12-6-5-10(15)9-11(12)13(18)19/h5-6,9H,3-4,7-8H2,1-2H3,(H,16,20)(H,18,19). The van der Waals surface area contributed by atoms with Crippen LogP contribution in [0.15, 0.2) is 22.7 Å². The average Bonchev–Trinajstić information content (AvgIpc) is 2.45. The number of benzene rings is 1. The van der Waals surface area contributed by atoms with Crippen molar-refractivity contribution in [1.82, 2.24) is 4.90 Å². The van der Waals surface area contributed by atoms with Crippen LogP contribution in [0.4, 0.5) is 10.5 Å². The van der Waals surface area contributed by atoms with Gasteiger partial charge in [0, 0.05) is 24.2 Å². The summed E-state index contributed by atoms with van der Waals surface area (Å²) in [6.07, 6.45) is 0. The SMILES string of the molecule is CCOCCN(CC)C(=O)Nc1ccc(Br)cc1C(=O)O. The molecule has 116 valence electrons. The normalized spacial score (nSPS) is 10.2. The van der Waals surface area contributed by atoms with Crippen LogP contribution in [-0.2, 0) is 4.74 Å². The number of hydrogen-bond acceptors (Lipinski definition) is 3. The van der Waals surface area contributed by atoms with Gasteiger partial charge in [-0.05, 0) is 32.0 Å². The van der Waals surface area contributed by atoms with Crippen LogP contribution in [0.3, 0.4) is 0 Å². The molecular weight excluding hydrogens is 340 g/mol. The van der Waals surface area contributed by atoms with E-state index < -0.39 is 5.97 Å². The molecule has 0 saturated carbocycles. The Morgan fingerprint density at radius 2 is 2.10 bits per heavy atom. The minimum Gasteiger partial charge on any atom is -0.478 e. The topological polar surface area (TPSA) is 78.9 Å². The van der Waals surface area contributed by atoms with Crippen LogP contribution in [0.2, 0.25) is 0 Å². The minimum absolute atomic E-state index is 0.0404. The number of amides is 2. The van der Waals surface area contributed by atoms with Gasteiger partial charge in [-0.2, -0.15) is 0 Å². The second-order valence-corrected chi connectivity index (χ2v) is 5.12. The number of anilines is 1. The summed E-state index contributed by atoms with van der Waals surface area (Å²) in [6.45, 7) is 5.74. The van der Waals surface area contributed by atoms with E-state index in [4.69, 9.17) is 9.84 Å². The average molecular weight is 359 g/mol. The van der Waals surface area contributed by atoms with Gasteiger partial charge in [-0.25, -0.2) is 9.59 Å². The lowest BCUT2D eigenvalue weighted by Gasteiger charge is -2.21. The first-order valence-corrected chi connectivity index (χ1v) is 7.45. The minimum atomic E-state index is -1.09. The van der Waals surface area contributed by atoms with Gasteiger partial charge >= 0.3 is 12.0 Å². The molecule has 2 N–H and O–H groups in total. The molecule has 21 heavy (non-hydrogen) atoms. The third-order valence-electron chi connectivity index (χ3n) is 2.83. The smallest absolute Gasteiger partial charge is 0.337 e. The summed E-state index contributed by atoms with van der Waals surface area (Å²) in [5.74, 6) is -1.09. The fourth-order valence-electron chi connectivity index (χ4n) is 1.72. The number of carbonyl (C=O) groups excluding carboxylic acids is 1. The summed E-state index contributed by atoms with van der Waals surface area (Å²) < 4.78 is 5.86. The number of ether oxygens (including phenoxy) is 1. The summed E-state index contributed by atoms with van der Waals surface area (Å²) in [4.78, 5) is 24.9. The number of aromatic carboxylic acids is 1. The van der Waals surface area contributed by atoms with E-state index in [9.17, 15) is 9.59 Å². The maximum Gasteiger partial charge on any atom is 0.337 e. The number of hydrogen-bond donors (Lipinski definition) is 2. The fourth-order valence-corrected chi connectivity index (χ4v) is 2.08. The number of rotatable bonds is 7. The highest BCUT2D eigenvalue weighted by atomic mass is 79.9. The van der Waals surface area contributed by atoms with E-state index in [-0.39, 0.29) is 17.3 Å². The predicted octanol–water partition coefficient (Wildman–Crippen LogP) is 3.04. The molecule has 6 nitrogen and oxygen atoms in total. The predicted molar refractivity (Wildman–Crippen MR) is 83.9 cm³/mol. The Kier molecular flexibility index (Phi) is 7.18. The number of nitrogens with zero attached hydrogens (tertiary/aromatic N) is 1. The molecule has 1 rings (SSSR count). The van der Waals surface area contributed by atoms with Crippen molar-refractivity contribution in [2.75, 3.05) is 31.6 Å². The lowest BCUT2D eigenvalue weighted by atomic mass is 10.2. The first-order chi connectivity index (χ1) is 9.99. The molecule has 0 bridgehead atoms. The second kappa shape index (κ2) is 8.63. The summed E-state index contributed by atoms with van der Waals surface area (Å²) in [7, 11) is 0. The molecule has 0 radical (unpaired) electrons. The Labute approximate surface area is 132 Å². The van der Waals surface area contributed by atoms with Gasteiger partial charge in [0.25, 0.3) is 0 Å². The quantitative estimate of drug-likeness (QED) is 0.734. The van der Waals surface area contributed by atoms with Crippen molar-refractivity contribution in [2.24, 2.45) is 0 Å². The van der Waals surface area contributed by atoms with Gasteiger partial charge in [0.15, 0.2) is 0 Å². The Bertz CT molecular complexity index is 508. The summed E-state index contributed by atoms with van der Waals surface area (Å²) in [6, 6.07) is 4.34. The van der Waals surface area contributed by atoms with Gasteiger partial charge in [0.05, 0.1) is 17.9 Å². The second-order valence-electron chi connectivity index (χ2n) is 4.20. The van der Waals surface area contributed by atoms with Crippen molar-refractivity contribution in [1.29, 1.82) is 0 Å². The molecule has 0 aromatic heterocycles. The molecule has 1 aromatic carbocycles. The van der Waals surface area contributed by atoms with Gasteiger partial charge in [0.2, 0.25) is 0 Å². The van der Waals surface area contributed by atoms with Gasteiger partial charge in [-0.15, -0.1) is 0 Å². The number of urea groups is 1. The highest BCUT2D eigenvalue weighted by molar-refractivity contribution is 9.10. The molecule has 0 saturated heterocycles.